The molecular formula is C29H48O3. The summed E-state index contributed by atoms with van der Waals surface area (Å²) in [6, 6.07) is 0. The molecule has 1 aliphatic heterocycles. The van der Waals surface area contributed by atoms with Gasteiger partial charge in [0.25, 0.3) is 0 Å². The van der Waals surface area contributed by atoms with E-state index in [2.05, 4.69) is 34.6 Å². The van der Waals surface area contributed by atoms with Crippen molar-refractivity contribution < 1.29 is 14.6 Å². The van der Waals surface area contributed by atoms with Crippen LogP contribution in [-0.2, 0) is 0 Å². The van der Waals surface area contributed by atoms with Crippen LogP contribution in [0.2, 0.25) is 0 Å². The second kappa shape index (κ2) is 11.6. The molecule has 0 saturated carbocycles. The lowest BCUT2D eigenvalue weighted by Crippen LogP contribution is -2.40. The Morgan fingerprint density at radius 1 is 0.844 bits per heavy atom. The van der Waals surface area contributed by atoms with Crippen molar-refractivity contribution in [2.45, 2.75) is 125 Å². The number of benzene rings is 1. The van der Waals surface area contributed by atoms with Gasteiger partial charge in [-0.1, -0.05) is 72.6 Å². The third-order valence-corrected chi connectivity index (χ3v) is 7.65. The number of rotatable bonds is 12. The summed E-state index contributed by atoms with van der Waals surface area (Å²) >= 11 is 0. The first-order valence-electron chi connectivity index (χ1n) is 13.0. The summed E-state index contributed by atoms with van der Waals surface area (Å²) in [6.07, 6.45) is 11.6. The fraction of sp³-hybridized carbons (Fsp3) is 0.759. The minimum atomic E-state index is -0.449. The predicted octanol–water partition coefficient (Wildman–Crippen LogP) is 8.48. The van der Waals surface area contributed by atoms with Gasteiger partial charge in [-0.15, -0.1) is 0 Å². The normalized spacial score (nSPS) is 20.2. The summed E-state index contributed by atoms with van der Waals surface area (Å²) in [4.78, 5) is 13.0. The van der Waals surface area contributed by atoms with Gasteiger partial charge < -0.3 is 9.84 Å². The average Bonchev–Trinajstić information content (AvgIpc) is 2.69. The average molecular weight is 445 g/mol. The first kappa shape index (κ1) is 26.7. The zero-order valence-corrected chi connectivity index (χ0v) is 22.1. The van der Waals surface area contributed by atoms with E-state index in [9.17, 15) is 9.90 Å². The Kier molecular flexibility index (Phi) is 9.67. The molecule has 1 aromatic carbocycles. The van der Waals surface area contributed by atoms with Crippen molar-refractivity contribution in [2.75, 3.05) is 0 Å². The van der Waals surface area contributed by atoms with Crippen LogP contribution in [0.15, 0.2) is 0 Å². The topological polar surface area (TPSA) is 46.5 Å². The Labute approximate surface area is 197 Å². The van der Waals surface area contributed by atoms with Gasteiger partial charge in [-0.25, -0.2) is 0 Å². The van der Waals surface area contributed by atoms with Gasteiger partial charge in [0.2, 0.25) is 0 Å². The smallest absolute Gasteiger partial charge is 0.170 e. The van der Waals surface area contributed by atoms with Crippen LogP contribution in [0.1, 0.15) is 126 Å². The van der Waals surface area contributed by atoms with Crippen LogP contribution < -0.4 is 4.74 Å². The molecule has 0 radical (unpaired) electrons. The third kappa shape index (κ3) is 6.99. The molecule has 0 unspecified atom stereocenters. The van der Waals surface area contributed by atoms with Crippen molar-refractivity contribution in [3.05, 3.63) is 22.3 Å². The molecule has 1 aliphatic rings. The van der Waals surface area contributed by atoms with Gasteiger partial charge in [0, 0.05) is 5.56 Å². The molecule has 0 fully saturated rings. The number of carbonyl (C=O) groups is 1. The lowest BCUT2D eigenvalue weighted by Gasteiger charge is -2.37. The minimum Gasteiger partial charge on any atom is -0.507 e. The highest BCUT2D eigenvalue weighted by Gasteiger charge is 2.39. The van der Waals surface area contributed by atoms with Crippen molar-refractivity contribution in [3.63, 3.8) is 0 Å². The molecule has 0 aromatic heterocycles. The van der Waals surface area contributed by atoms with Gasteiger partial charge >= 0.3 is 0 Å². The molecule has 2 rings (SSSR count). The molecule has 3 atom stereocenters. The molecule has 3 heteroatoms. The Bertz CT molecular complexity index is 779. The van der Waals surface area contributed by atoms with Crippen LogP contribution in [0.25, 0.3) is 0 Å². The first-order valence-corrected chi connectivity index (χ1v) is 13.0. The molecule has 0 bridgehead atoms. The predicted molar refractivity (Wildman–Crippen MR) is 135 cm³/mol. The second-order valence-corrected chi connectivity index (χ2v) is 11.4. The molecule has 1 N–H and O–H groups in total. The molecule has 0 amide bonds. The Hall–Kier alpha value is -1.51. The number of phenols is 1. The number of Topliss-reactive ketones (excluding diaryl/α,β-unsaturated/α-hetero) is 1. The van der Waals surface area contributed by atoms with Crippen LogP contribution >= 0.6 is 0 Å². The highest BCUT2D eigenvalue weighted by Crippen LogP contribution is 2.44. The van der Waals surface area contributed by atoms with E-state index in [0.29, 0.717) is 23.3 Å². The van der Waals surface area contributed by atoms with Gasteiger partial charge in [0.1, 0.15) is 17.1 Å². The summed E-state index contributed by atoms with van der Waals surface area (Å²) in [5.74, 6) is 3.41. The van der Waals surface area contributed by atoms with Gasteiger partial charge in [-0.3, -0.25) is 4.79 Å². The van der Waals surface area contributed by atoms with Gasteiger partial charge in [0.15, 0.2) is 5.78 Å². The fourth-order valence-electron chi connectivity index (χ4n) is 5.22. The largest absolute Gasteiger partial charge is 0.507 e. The zero-order valence-electron chi connectivity index (χ0n) is 22.1. The molecule has 0 aliphatic carbocycles. The van der Waals surface area contributed by atoms with Crippen LogP contribution in [0.5, 0.6) is 11.5 Å². The van der Waals surface area contributed by atoms with Gasteiger partial charge in [0.05, 0.1) is 12.0 Å². The maximum absolute atomic E-state index is 13.0. The number of ether oxygens (including phenoxy) is 1. The summed E-state index contributed by atoms with van der Waals surface area (Å²) in [5.41, 5.74) is 2.49. The van der Waals surface area contributed by atoms with Crippen LogP contribution in [0.4, 0.5) is 0 Å². The molecular weight excluding hydrogens is 396 g/mol. The Morgan fingerprint density at radius 2 is 1.38 bits per heavy atom. The maximum atomic E-state index is 13.0. The van der Waals surface area contributed by atoms with Crippen LogP contribution in [-0.4, -0.2) is 16.5 Å². The highest BCUT2D eigenvalue weighted by atomic mass is 16.5. The molecule has 32 heavy (non-hydrogen) atoms. The standard InChI is InChI=1S/C29H48O3/c1-19(2)12-9-13-20(3)14-10-15-21(4)16-11-17-29(8)18-25(30)26-24(7)27(31)22(5)23(6)28(26)32-29/h19-21,31H,9-18H2,1-8H3/t20-,21-,29+/m1/s1. The van der Waals surface area contributed by atoms with E-state index in [0.717, 1.165) is 41.7 Å². The Balaban J connectivity index is 1.80. The zero-order chi connectivity index (χ0) is 24.1. The first-order chi connectivity index (χ1) is 14.9. The van der Waals surface area contributed by atoms with Crippen LogP contribution in [0, 0.1) is 38.5 Å². The molecule has 1 heterocycles. The third-order valence-electron chi connectivity index (χ3n) is 7.65. The summed E-state index contributed by atoms with van der Waals surface area (Å²) in [7, 11) is 0. The number of phenolic OH excluding ortho intramolecular Hbond substituents is 1. The van der Waals surface area contributed by atoms with Crippen molar-refractivity contribution >= 4 is 5.78 Å². The van der Waals surface area contributed by atoms with E-state index in [1.54, 1.807) is 0 Å². The quantitative estimate of drug-likeness (QED) is 0.351. The molecule has 182 valence electrons. The van der Waals surface area contributed by atoms with E-state index in [-0.39, 0.29) is 11.5 Å². The SMILES string of the molecule is Cc1c(C)c2c(c(C)c1O)C(=O)C[C@](C)(CCC[C@H](C)CCC[C@H](C)CCCC(C)C)O2. The van der Waals surface area contributed by atoms with Crippen molar-refractivity contribution in [2.24, 2.45) is 17.8 Å². The summed E-state index contributed by atoms with van der Waals surface area (Å²) < 4.78 is 6.45. The monoisotopic (exact) mass is 444 g/mol. The number of aromatic hydroxyl groups is 1. The van der Waals surface area contributed by atoms with E-state index in [1.165, 1.54) is 44.9 Å². The van der Waals surface area contributed by atoms with Gasteiger partial charge in [-0.2, -0.15) is 0 Å². The van der Waals surface area contributed by atoms with Crippen LogP contribution in [0.3, 0.4) is 0 Å². The molecule has 0 saturated heterocycles. The number of hydrogen-bond acceptors (Lipinski definition) is 3. The van der Waals surface area contributed by atoms with E-state index < -0.39 is 5.60 Å². The maximum Gasteiger partial charge on any atom is 0.170 e. The minimum absolute atomic E-state index is 0.101. The molecule has 0 spiro atoms. The number of hydrogen-bond donors (Lipinski definition) is 1. The fourth-order valence-corrected chi connectivity index (χ4v) is 5.22. The van der Waals surface area contributed by atoms with Gasteiger partial charge in [-0.05, 0) is 69.4 Å². The Morgan fingerprint density at radius 3 is 1.94 bits per heavy atom. The summed E-state index contributed by atoms with van der Waals surface area (Å²) in [5, 5.41) is 10.4. The lowest BCUT2D eigenvalue weighted by molar-refractivity contribution is 0.0438. The van der Waals surface area contributed by atoms with Crippen molar-refractivity contribution in [1.82, 2.24) is 0 Å². The van der Waals surface area contributed by atoms with E-state index in [4.69, 9.17) is 4.74 Å². The number of ketones is 1. The number of carbonyl (C=O) groups excluding carboxylic acids is 1. The second-order valence-electron chi connectivity index (χ2n) is 11.4. The highest BCUT2D eigenvalue weighted by molar-refractivity contribution is 6.03. The molecule has 1 aromatic rings. The van der Waals surface area contributed by atoms with Crippen molar-refractivity contribution in [1.29, 1.82) is 0 Å². The summed E-state index contributed by atoms with van der Waals surface area (Å²) in [6.45, 7) is 17.1. The van der Waals surface area contributed by atoms with E-state index >= 15 is 0 Å². The molecule has 3 nitrogen and oxygen atoms in total. The van der Waals surface area contributed by atoms with Crippen molar-refractivity contribution in [3.8, 4) is 11.5 Å². The van der Waals surface area contributed by atoms with E-state index in [1.807, 2.05) is 20.8 Å². The lowest BCUT2D eigenvalue weighted by atomic mass is 9.83. The number of fused-ring (bicyclic) bond motifs is 1.